The molecule has 1 rings (SSSR count). The third-order valence-electron chi connectivity index (χ3n) is 3.31. The van der Waals surface area contributed by atoms with Crippen molar-refractivity contribution in [3.05, 3.63) is 23.8 Å². The quantitative estimate of drug-likeness (QED) is 0.795. The fraction of sp³-hybridized carbons (Fsp3) is 0.600. The third kappa shape index (κ3) is 3.39. The van der Waals surface area contributed by atoms with E-state index in [1.807, 2.05) is 45.9 Å². The fourth-order valence-electron chi connectivity index (χ4n) is 2.01. The Balaban J connectivity index is 3.19. The van der Waals surface area contributed by atoms with E-state index >= 15 is 0 Å². The molecule has 0 bridgehead atoms. The molecule has 0 saturated carbocycles. The SMILES string of the molecule is CCOc1ccc(C(O)(CN)C(C)C)cc1OCC. The summed E-state index contributed by atoms with van der Waals surface area (Å²) >= 11 is 0. The van der Waals surface area contributed by atoms with Gasteiger partial charge in [-0.15, -0.1) is 0 Å². The van der Waals surface area contributed by atoms with Gasteiger partial charge in [0.25, 0.3) is 0 Å². The maximum Gasteiger partial charge on any atom is 0.161 e. The van der Waals surface area contributed by atoms with E-state index in [0.29, 0.717) is 24.7 Å². The average molecular weight is 267 g/mol. The lowest BCUT2D eigenvalue weighted by Gasteiger charge is -2.31. The van der Waals surface area contributed by atoms with Crippen LogP contribution in [-0.2, 0) is 5.60 Å². The molecular weight excluding hydrogens is 242 g/mol. The van der Waals surface area contributed by atoms with E-state index in [-0.39, 0.29) is 12.5 Å². The summed E-state index contributed by atoms with van der Waals surface area (Å²) in [5.41, 5.74) is 5.45. The van der Waals surface area contributed by atoms with E-state index in [1.54, 1.807) is 0 Å². The maximum atomic E-state index is 10.7. The highest BCUT2D eigenvalue weighted by Gasteiger charge is 2.32. The number of hydrogen-bond donors (Lipinski definition) is 2. The lowest BCUT2D eigenvalue weighted by molar-refractivity contribution is -0.00139. The molecule has 108 valence electrons. The molecule has 0 spiro atoms. The van der Waals surface area contributed by atoms with Crippen LogP contribution in [0.3, 0.4) is 0 Å². The largest absolute Gasteiger partial charge is 0.490 e. The highest BCUT2D eigenvalue weighted by Crippen LogP contribution is 2.35. The fourth-order valence-corrected chi connectivity index (χ4v) is 2.01. The lowest BCUT2D eigenvalue weighted by Crippen LogP contribution is -2.39. The summed E-state index contributed by atoms with van der Waals surface area (Å²) in [5, 5.41) is 10.7. The van der Waals surface area contributed by atoms with Crippen LogP contribution in [0.2, 0.25) is 0 Å². The predicted octanol–water partition coefficient (Wildman–Crippen LogP) is 2.29. The number of hydrogen-bond acceptors (Lipinski definition) is 4. The molecule has 0 fully saturated rings. The Kier molecular flexibility index (Phi) is 5.63. The molecule has 4 heteroatoms. The van der Waals surface area contributed by atoms with E-state index in [2.05, 4.69) is 0 Å². The molecule has 0 heterocycles. The summed E-state index contributed by atoms with van der Waals surface area (Å²) in [6.45, 7) is 9.03. The first-order chi connectivity index (χ1) is 8.99. The third-order valence-corrected chi connectivity index (χ3v) is 3.31. The van der Waals surface area contributed by atoms with Gasteiger partial charge in [-0.2, -0.15) is 0 Å². The minimum Gasteiger partial charge on any atom is -0.490 e. The summed E-state index contributed by atoms with van der Waals surface area (Å²) < 4.78 is 11.1. The van der Waals surface area contributed by atoms with E-state index in [9.17, 15) is 5.11 Å². The molecule has 0 aliphatic carbocycles. The molecule has 0 amide bonds. The van der Waals surface area contributed by atoms with Crippen molar-refractivity contribution in [2.45, 2.75) is 33.3 Å². The van der Waals surface area contributed by atoms with Crippen LogP contribution in [0.25, 0.3) is 0 Å². The molecule has 1 aromatic carbocycles. The first-order valence-corrected chi connectivity index (χ1v) is 6.82. The van der Waals surface area contributed by atoms with Crippen LogP contribution in [0, 0.1) is 5.92 Å². The molecule has 1 atom stereocenters. The summed E-state index contributed by atoms with van der Waals surface area (Å²) in [6, 6.07) is 5.49. The van der Waals surface area contributed by atoms with E-state index in [4.69, 9.17) is 15.2 Å². The minimum atomic E-state index is -1.05. The van der Waals surface area contributed by atoms with Crippen LogP contribution < -0.4 is 15.2 Å². The molecule has 3 N–H and O–H groups in total. The lowest BCUT2D eigenvalue weighted by atomic mass is 9.83. The Hall–Kier alpha value is -1.26. The van der Waals surface area contributed by atoms with Gasteiger partial charge in [-0.1, -0.05) is 19.9 Å². The van der Waals surface area contributed by atoms with Gasteiger partial charge in [0.2, 0.25) is 0 Å². The van der Waals surface area contributed by atoms with Gasteiger partial charge in [0, 0.05) is 6.54 Å². The van der Waals surface area contributed by atoms with Crippen LogP contribution >= 0.6 is 0 Å². The van der Waals surface area contributed by atoms with Crippen LogP contribution in [0.5, 0.6) is 11.5 Å². The molecule has 19 heavy (non-hydrogen) atoms. The van der Waals surface area contributed by atoms with Crippen molar-refractivity contribution in [3.8, 4) is 11.5 Å². The summed E-state index contributed by atoms with van der Waals surface area (Å²) in [7, 11) is 0. The topological polar surface area (TPSA) is 64.7 Å². The maximum absolute atomic E-state index is 10.7. The molecule has 1 aromatic rings. The second-order valence-electron chi connectivity index (χ2n) is 4.81. The number of ether oxygens (including phenoxy) is 2. The van der Waals surface area contributed by atoms with Crippen molar-refractivity contribution in [3.63, 3.8) is 0 Å². The monoisotopic (exact) mass is 267 g/mol. The normalized spacial score (nSPS) is 14.3. The van der Waals surface area contributed by atoms with Gasteiger partial charge >= 0.3 is 0 Å². The van der Waals surface area contributed by atoms with Crippen molar-refractivity contribution < 1.29 is 14.6 Å². The molecule has 0 aliphatic heterocycles. The summed E-state index contributed by atoms with van der Waals surface area (Å²) in [5.74, 6) is 1.36. The first-order valence-electron chi connectivity index (χ1n) is 6.82. The zero-order valence-corrected chi connectivity index (χ0v) is 12.3. The second-order valence-corrected chi connectivity index (χ2v) is 4.81. The minimum absolute atomic E-state index is 0.0184. The van der Waals surface area contributed by atoms with E-state index in [0.717, 1.165) is 5.56 Å². The second kappa shape index (κ2) is 6.78. The number of rotatable bonds is 7. The Bertz CT molecular complexity index is 406. The number of aliphatic hydroxyl groups is 1. The standard InChI is InChI=1S/C15H25NO3/c1-5-18-13-8-7-12(9-14(13)19-6-2)15(17,10-16)11(3)4/h7-9,11,17H,5-6,10,16H2,1-4H3. The zero-order chi connectivity index (χ0) is 14.5. The predicted molar refractivity (Wildman–Crippen MR) is 76.6 cm³/mol. The summed E-state index contributed by atoms with van der Waals surface area (Å²) in [4.78, 5) is 0. The highest BCUT2D eigenvalue weighted by atomic mass is 16.5. The molecule has 1 unspecified atom stereocenters. The van der Waals surface area contributed by atoms with Gasteiger partial charge in [-0.3, -0.25) is 0 Å². The van der Waals surface area contributed by atoms with Crippen LogP contribution in [-0.4, -0.2) is 24.9 Å². The van der Waals surface area contributed by atoms with E-state index < -0.39 is 5.60 Å². The molecule has 4 nitrogen and oxygen atoms in total. The van der Waals surface area contributed by atoms with Gasteiger partial charge in [-0.25, -0.2) is 0 Å². The zero-order valence-electron chi connectivity index (χ0n) is 12.3. The smallest absolute Gasteiger partial charge is 0.161 e. The van der Waals surface area contributed by atoms with Gasteiger partial charge < -0.3 is 20.3 Å². The van der Waals surface area contributed by atoms with Gasteiger partial charge in [-0.05, 0) is 37.5 Å². The van der Waals surface area contributed by atoms with Gasteiger partial charge in [0.15, 0.2) is 11.5 Å². The first kappa shape index (κ1) is 15.8. The van der Waals surface area contributed by atoms with Gasteiger partial charge in [0.1, 0.15) is 5.60 Å². The van der Waals surface area contributed by atoms with Crippen molar-refractivity contribution in [1.82, 2.24) is 0 Å². The van der Waals surface area contributed by atoms with Crippen molar-refractivity contribution >= 4 is 0 Å². The Morgan fingerprint density at radius 1 is 1.16 bits per heavy atom. The Morgan fingerprint density at radius 3 is 2.21 bits per heavy atom. The molecule has 0 aliphatic rings. The highest BCUT2D eigenvalue weighted by molar-refractivity contribution is 5.45. The Labute approximate surface area is 115 Å². The van der Waals surface area contributed by atoms with Crippen LogP contribution in [0.1, 0.15) is 33.3 Å². The van der Waals surface area contributed by atoms with Crippen molar-refractivity contribution in [2.24, 2.45) is 11.7 Å². The van der Waals surface area contributed by atoms with Crippen molar-refractivity contribution in [1.29, 1.82) is 0 Å². The molecular formula is C15H25NO3. The van der Waals surface area contributed by atoms with E-state index in [1.165, 1.54) is 0 Å². The van der Waals surface area contributed by atoms with Crippen LogP contribution in [0.15, 0.2) is 18.2 Å². The Morgan fingerprint density at radius 2 is 1.74 bits per heavy atom. The van der Waals surface area contributed by atoms with Gasteiger partial charge in [0.05, 0.1) is 13.2 Å². The van der Waals surface area contributed by atoms with Crippen molar-refractivity contribution in [2.75, 3.05) is 19.8 Å². The summed E-state index contributed by atoms with van der Waals surface area (Å²) in [6.07, 6.45) is 0. The molecule has 0 radical (unpaired) electrons. The number of benzene rings is 1. The average Bonchev–Trinajstić information content (AvgIpc) is 2.40. The van der Waals surface area contributed by atoms with Crippen LogP contribution in [0.4, 0.5) is 0 Å². The number of nitrogens with two attached hydrogens (primary N) is 1. The molecule has 0 aromatic heterocycles. The molecule has 0 saturated heterocycles.